The van der Waals surface area contributed by atoms with Crippen LogP contribution in [0.4, 0.5) is 0 Å². The number of imide groups is 1. The van der Waals surface area contributed by atoms with Gasteiger partial charge in [0.25, 0.3) is 11.8 Å². The minimum Gasteiger partial charge on any atom is -0.507 e. The third kappa shape index (κ3) is 3.44. The lowest BCUT2D eigenvalue weighted by Gasteiger charge is -2.27. The molecule has 5 heteroatoms. The van der Waals surface area contributed by atoms with Crippen molar-refractivity contribution in [2.45, 2.75) is 52.4 Å². The monoisotopic (exact) mass is 378 g/mol. The van der Waals surface area contributed by atoms with E-state index in [-0.39, 0.29) is 16.6 Å². The maximum absolute atomic E-state index is 12.5. The topological polar surface area (TPSA) is 70.0 Å². The number of phenolic OH excluding ortho intramolecular Hbond substituents is 1. The van der Waals surface area contributed by atoms with E-state index in [4.69, 9.17) is 0 Å². The van der Waals surface area contributed by atoms with Gasteiger partial charge in [0, 0.05) is 11.1 Å². The molecule has 1 aliphatic heterocycles. The van der Waals surface area contributed by atoms with Gasteiger partial charge in [-0.15, -0.1) is 0 Å². The van der Waals surface area contributed by atoms with Crippen LogP contribution in [-0.2, 0) is 10.8 Å². The quantitative estimate of drug-likeness (QED) is 0.612. The largest absolute Gasteiger partial charge is 0.507 e. The molecule has 0 bridgehead atoms. The van der Waals surface area contributed by atoms with Crippen molar-refractivity contribution in [3.8, 4) is 5.75 Å². The van der Waals surface area contributed by atoms with Crippen LogP contribution in [0.15, 0.2) is 41.5 Å². The molecule has 0 aromatic heterocycles. The summed E-state index contributed by atoms with van der Waals surface area (Å²) in [5, 5.41) is 15.8. The van der Waals surface area contributed by atoms with Gasteiger partial charge in [-0.05, 0) is 34.6 Å². The number of nitrogens with zero attached hydrogens (tertiary/aromatic N) is 2. The zero-order chi connectivity index (χ0) is 20.9. The summed E-state index contributed by atoms with van der Waals surface area (Å²) in [6.45, 7) is 12.4. The lowest BCUT2D eigenvalue weighted by atomic mass is 9.79. The van der Waals surface area contributed by atoms with Gasteiger partial charge in [-0.1, -0.05) is 59.7 Å². The number of hydrazone groups is 1. The van der Waals surface area contributed by atoms with Gasteiger partial charge in [-0.3, -0.25) is 9.59 Å². The van der Waals surface area contributed by atoms with Gasteiger partial charge < -0.3 is 5.11 Å². The number of rotatable bonds is 2. The lowest BCUT2D eigenvalue weighted by molar-refractivity contribution is 0.0660. The van der Waals surface area contributed by atoms with E-state index in [1.165, 1.54) is 6.21 Å². The van der Waals surface area contributed by atoms with E-state index < -0.39 is 11.8 Å². The van der Waals surface area contributed by atoms with Crippen molar-refractivity contribution in [3.63, 3.8) is 0 Å². The highest BCUT2D eigenvalue weighted by Crippen LogP contribution is 2.37. The number of aromatic hydroxyl groups is 1. The first kappa shape index (κ1) is 19.8. The summed E-state index contributed by atoms with van der Waals surface area (Å²) in [6, 6.07) is 10.5. The number of carbonyl (C=O) groups is 2. The molecule has 1 aliphatic rings. The second kappa shape index (κ2) is 6.59. The Balaban J connectivity index is 2.05. The summed E-state index contributed by atoms with van der Waals surface area (Å²) >= 11 is 0. The number of hydrogen-bond acceptors (Lipinski definition) is 4. The summed E-state index contributed by atoms with van der Waals surface area (Å²) in [5.74, 6) is -0.806. The molecule has 1 N–H and O–H groups in total. The molecule has 0 atom stereocenters. The summed E-state index contributed by atoms with van der Waals surface area (Å²) in [6.07, 6.45) is 1.39. The minimum absolute atomic E-state index is 0.112. The van der Waals surface area contributed by atoms with Gasteiger partial charge in [0.2, 0.25) is 0 Å². The van der Waals surface area contributed by atoms with Crippen molar-refractivity contribution in [1.29, 1.82) is 0 Å². The van der Waals surface area contributed by atoms with Gasteiger partial charge in [0.15, 0.2) is 0 Å². The van der Waals surface area contributed by atoms with E-state index in [0.29, 0.717) is 16.7 Å². The number of benzene rings is 2. The summed E-state index contributed by atoms with van der Waals surface area (Å²) < 4.78 is 0. The smallest absolute Gasteiger partial charge is 0.282 e. The number of fused-ring (bicyclic) bond motifs is 1. The Bertz CT molecular complexity index is 957. The maximum Gasteiger partial charge on any atom is 0.282 e. The molecule has 2 aromatic rings. The molecule has 1 heterocycles. The third-order valence-corrected chi connectivity index (χ3v) is 4.90. The summed E-state index contributed by atoms with van der Waals surface area (Å²) in [4.78, 5) is 25.0. The van der Waals surface area contributed by atoms with Crippen LogP contribution >= 0.6 is 0 Å². The first-order valence-corrected chi connectivity index (χ1v) is 9.31. The Kier molecular flexibility index (Phi) is 4.66. The van der Waals surface area contributed by atoms with E-state index >= 15 is 0 Å². The SMILES string of the molecule is CC(C)(C)c1cc(/C=N/N2C(=O)c3ccccc3C2=O)c(O)c(C(C)(C)C)c1. The van der Waals surface area contributed by atoms with Crippen LogP contribution in [0.25, 0.3) is 0 Å². The predicted octanol–water partition coefficient (Wildman–Crippen LogP) is 4.62. The van der Waals surface area contributed by atoms with Crippen molar-refractivity contribution in [3.05, 3.63) is 64.2 Å². The molecule has 0 spiro atoms. The Morgan fingerprint density at radius 1 is 0.893 bits per heavy atom. The molecule has 3 rings (SSSR count). The minimum atomic E-state index is -0.459. The fourth-order valence-electron chi connectivity index (χ4n) is 3.16. The highest BCUT2D eigenvalue weighted by molar-refractivity contribution is 6.21. The van der Waals surface area contributed by atoms with E-state index in [0.717, 1.165) is 16.1 Å². The molecular formula is C23H26N2O3. The van der Waals surface area contributed by atoms with Crippen molar-refractivity contribution in [2.75, 3.05) is 0 Å². The molecule has 0 saturated carbocycles. The first-order chi connectivity index (χ1) is 12.9. The third-order valence-electron chi connectivity index (χ3n) is 4.90. The summed E-state index contributed by atoms with van der Waals surface area (Å²) in [7, 11) is 0. The number of carbonyl (C=O) groups excluding carboxylic acids is 2. The summed E-state index contributed by atoms with van der Waals surface area (Å²) in [5.41, 5.74) is 2.59. The molecule has 2 amide bonds. The number of hydrogen-bond donors (Lipinski definition) is 1. The van der Waals surface area contributed by atoms with Crippen LogP contribution in [0.5, 0.6) is 5.75 Å². The molecule has 146 valence electrons. The van der Waals surface area contributed by atoms with Crippen molar-refractivity contribution < 1.29 is 14.7 Å². The average molecular weight is 378 g/mol. The molecule has 0 saturated heterocycles. The fourth-order valence-corrected chi connectivity index (χ4v) is 3.16. The van der Waals surface area contributed by atoms with Gasteiger partial charge >= 0.3 is 0 Å². The normalized spacial score (nSPS) is 14.9. The molecule has 0 unspecified atom stereocenters. The molecule has 2 aromatic carbocycles. The van der Waals surface area contributed by atoms with Crippen molar-refractivity contribution >= 4 is 18.0 Å². The number of amides is 2. The molecule has 0 radical (unpaired) electrons. The Morgan fingerprint density at radius 3 is 1.89 bits per heavy atom. The highest BCUT2D eigenvalue weighted by Gasteiger charge is 2.35. The maximum atomic E-state index is 12.5. The molecule has 28 heavy (non-hydrogen) atoms. The van der Waals surface area contributed by atoms with Crippen LogP contribution in [0.1, 0.15) is 78.9 Å². The Hall–Kier alpha value is -2.95. The van der Waals surface area contributed by atoms with Gasteiger partial charge in [0.1, 0.15) is 5.75 Å². The molecule has 5 nitrogen and oxygen atoms in total. The number of phenols is 1. The van der Waals surface area contributed by atoms with Gasteiger partial charge in [-0.2, -0.15) is 10.1 Å². The highest BCUT2D eigenvalue weighted by atomic mass is 16.3. The van der Waals surface area contributed by atoms with Gasteiger partial charge in [0.05, 0.1) is 17.3 Å². The molecular weight excluding hydrogens is 352 g/mol. The zero-order valence-electron chi connectivity index (χ0n) is 17.2. The second-order valence-electron chi connectivity index (χ2n) is 9.17. The van der Waals surface area contributed by atoms with Crippen LogP contribution < -0.4 is 0 Å². The van der Waals surface area contributed by atoms with Crippen LogP contribution in [0, 0.1) is 0 Å². The van der Waals surface area contributed by atoms with Gasteiger partial charge in [-0.25, -0.2) is 0 Å². The van der Waals surface area contributed by atoms with Crippen molar-refractivity contribution in [1.82, 2.24) is 5.01 Å². The molecule has 0 fully saturated rings. The lowest BCUT2D eigenvalue weighted by Crippen LogP contribution is -2.24. The van der Waals surface area contributed by atoms with E-state index in [1.54, 1.807) is 24.3 Å². The van der Waals surface area contributed by atoms with Crippen LogP contribution in [0.3, 0.4) is 0 Å². The van der Waals surface area contributed by atoms with Crippen LogP contribution in [-0.4, -0.2) is 28.1 Å². The van der Waals surface area contributed by atoms with E-state index in [9.17, 15) is 14.7 Å². The Labute approximate surface area is 165 Å². The second-order valence-corrected chi connectivity index (χ2v) is 9.17. The Morgan fingerprint density at radius 2 is 1.43 bits per heavy atom. The van der Waals surface area contributed by atoms with Crippen LogP contribution in [0.2, 0.25) is 0 Å². The standard InChI is InChI=1S/C23H26N2O3/c1-22(2,3)15-11-14(19(26)18(12-15)23(4,5)6)13-24-25-20(27)16-9-7-8-10-17(16)21(25)28/h7-13,26H,1-6H3/b24-13+. The van der Waals surface area contributed by atoms with E-state index in [2.05, 4.69) is 25.9 Å². The first-order valence-electron chi connectivity index (χ1n) is 9.31. The van der Waals surface area contributed by atoms with Crippen molar-refractivity contribution in [2.24, 2.45) is 5.10 Å². The van der Waals surface area contributed by atoms with E-state index in [1.807, 2.05) is 32.9 Å². The predicted molar refractivity (Wildman–Crippen MR) is 110 cm³/mol. The molecule has 0 aliphatic carbocycles. The zero-order valence-corrected chi connectivity index (χ0v) is 17.2. The fraction of sp³-hybridized carbons (Fsp3) is 0.348. The average Bonchev–Trinajstić information content (AvgIpc) is 2.83.